The summed E-state index contributed by atoms with van der Waals surface area (Å²) in [6.07, 6.45) is 0. The molecular formula is C19H17Cl2N3O3S2. The Bertz CT molecular complexity index is 1110. The highest BCUT2D eigenvalue weighted by Gasteiger charge is 2.19. The van der Waals surface area contributed by atoms with Crippen LogP contribution in [0, 0.1) is 0 Å². The Hall–Kier alpha value is -1.84. The minimum Gasteiger partial charge on any atom is -0.378 e. The van der Waals surface area contributed by atoms with E-state index in [1.54, 1.807) is 23.5 Å². The van der Waals surface area contributed by atoms with Crippen molar-refractivity contribution in [2.75, 3.05) is 35.9 Å². The second-order valence-corrected chi connectivity index (χ2v) is 9.70. The van der Waals surface area contributed by atoms with Crippen LogP contribution in [0.3, 0.4) is 0 Å². The van der Waals surface area contributed by atoms with Crippen molar-refractivity contribution in [1.82, 2.24) is 4.98 Å². The maximum absolute atomic E-state index is 12.6. The van der Waals surface area contributed by atoms with Gasteiger partial charge in [0, 0.05) is 34.7 Å². The lowest BCUT2D eigenvalue weighted by Gasteiger charge is -2.26. The van der Waals surface area contributed by atoms with Crippen molar-refractivity contribution in [1.29, 1.82) is 0 Å². The van der Waals surface area contributed by atoms with Gasteiger partial charge in [-0.15, -0.1) is 11.3 Å². The predicted molar refractivity (Wildman–Crippen MR) is 118 cm³/mol. The van der Waals surface area contributed by atoms with E-state index >= 15 is 0 Å². The number of benzene rings is 2. The Balaban J connectivity index is 1.51. The molecule has 2 heterocycles. The second-order valence-electron chi connectivity index (χ2n) is 6.37. The molecule has 0 saturated carbocycles. The average molecular weight is 470 g/mol. The van der Waals surface area contributed by atoms with Gasteiger partial charge in [0.05, 0.1) is 23.9 Å². The molecule has 0 aliphatic carbocycles. The summed E-state index contributed by atoms with van der Waals surface area (Å²) < 4.78 is 33.2. The van der Waals surface area contributed by atoms with E-state index in [1.165, 1.54) is 18.2 Å². The molecule has 0 bridgehead atoms. The van der Waals surface area contributed by atoms with E-state index in [-0.39, 0.29) is 9.92 Å². The van der Waals surface area contributed by atoms with Crippen LogP contribution in [0.25, 0.3) is 11.3 Å². The number of thiazole rings is 1. The fourth-order valence-corrected chi connectivity index (χ4v) is 5.61. The van der Waals surface area contributed by atoms with Crippen molar-refractivity contribution < 1.29 is 13.2 Å². The Labute approximate surface area is 183 Å². The van der Waals surface area contributed by atoms with Crippen LogP contribution in [0.15, 0.2) is 52.7 Å². The van der Waals surface area contributed by atoms with Crippen molar-refractivity contribution in [3.05, 3.63) is 57.9 Å². The van der Waals surface area contributed by atoms with Crippen LogP contribution in [0.4, 0.5) is 10.8 Å². The third-order valence-corrected chi connectivity index (χ3v) is 7.39. The summed E-state index contributed by atoms with van der Waals surface area (Å²) in [7, 11) is -3.85. The number of anilines is 2. The molecule has 1 N–H and O–H groups in total. The number of ether oxygens (including phenoxy) is 1. The highest BCUT2D eigenvalue weighted by atomic mass is 35.5. The van der Waals surface area contributed by atoms with Gasteiger partial charge in [0.15, 0.2) is 5.13 Å². The highest BCUT2D eigenvalue weighted by molar-refractivity contribution is 7.92. The quantitative estimate of drug-likeness (QED) is 0.583. The average Bonchev–Trinajstić information content (AvgIpc) is 3.21. The number of halogens is 2. The molecule has 1 aliphatic heterocycles. The van der Waals surface area contributed by atoms with E-state index in [0.29, 0.717) is 23.9 Å². The molecule has 3 aromatic rings. The van der Waals surface area contributed by atoms with Crippen LogP contribution in [0.5, 0.6) is 0 Å². The van der Waals surface area contributed by atoms with E-state index in [9.17, 15) is 8.42 Å². The topological polar surface area (TPSA) is 71.5 Å². The Kier molecular flexibility index (Phi) is 5.98. The lowest BCUT2D eigenvalue weighted by molar-refractivity contribution is 0.122. The largest absolute Gasteiger partial charge is 0.378 e. The molecule has 1 fully saturated rings. The van der Waals surface area contributed by atoms with Gasteiger partial charge in [0.2, 0.25) is 0 Å². The van der Waals surface area contributed by atoms with Crippen LogP contribution in [-0.4, -0.2) is 39.7 Å². The second kappa shape index (κ2) is 8.49. The fraction of sp³-hybridized carbons (Fsp3) is 0.211. The maximum atomic E-state index is 12.6. The van der Waals surface area contributed by atoms with Gasteiger partial charge >= 0.3 is 0 Å². The van der Waals surface area contributed by atoms with Crippen molar-refractivity contribution in [2.24, 2.45) is 0 Å². The molecule has 2 aromatic carbocycles. The Morgan fingerprint density at radius 1 is 1.07 bits per heavy atom. The van der Waals surface area contributed by atoms with Gasteiger partial charge in [0.25, 0.3) is 10.0 Å². The summed E-state index contributed by atoms with van der Waals surface area (Å²) in [5, 5.41) is 3.36. The van der Waals surface area contributed by atoms with E-state index in [2.05, 4.69) is 9.62 Å². The molecule has 29 heavy (non-hydrogen) atoms. The Morgan fingerprint density at radius 3 is 2.52 bits per heavy atom. The number of hydrogen-bond acceptors (Lipinski definition) is 6. The van der Waals surface area contributed by atoms with Gasteiger partial charge in [-0.05, 0) is 30.3 Å². The first-order chi connectivity index (χ1) is 13.9. The zero-order chi connectivity index (χ0) is 20.4. The zero-order valence-electron chi connectivity index (χ0n) is 15.1. The maximum Gasteiger partial charge on any atom is 0.263 e. The molecule has 0 atom stereocenters. The number of sulfonamides is 1. The summed E-state index contributed by atoms with van der Waals surface area (Å²) in [6, 6.07) is 11.4. The van der Waals surface area contributed by atoms with Crippen LogP contribution in [-0.2, 0) is 14.8 Å². The lowest BCUT2D eigenvalue weighted by Crippen LogP contribution is -2.36. The fourth-order valence-electron chi connectivity index (χ4n) is 2.90. The van der Waals surface area contributed by atoms with Gasteiger partial charge in [-0.25, -0.2) is 13.4 Å². The highest BCUT2D eigenvalue weighted by Crippen LogP contribution is 2.30. The summed E-state index contributed by atoms with van der Waals surface area (Å²) in [5.41, 5.74) is 2.18. The smallest absolute Gasteiger partial charge is 0.263 e. The number of rotatable bonds is 5. The summed E-state index contributed by atoms with van der Waals surface area (Å²) in [6.45, 7) is 3.08. The van der Waals surface area contributed by atoms with Gasteiger partial charge in [-0.3, -0.25) is 4.72 Å². The molecule has 1 aliphatic rings. The SMILES string of the molecule is O=S(=O)(Nc1ccc(-c2csc(N3CCOCC3)n2)cc1)c1cc(Cl)ccc1Cl. The third kappa shape index (κ3) is 4.67. The summed E-state index contributed by atoms with van der Waals surface area (Å²) in [4.78, 5) is 6.83. The molecule has 0 unspecified atom stereocenters. The van der Waals surface area contributed by atoms with Gasteiger partial charge in [0.1, 0.15) is 4.90 Å². The number of aromatic nitrogens is 1. The molecule has 0 amide bonds. The molecule has 10 heteroatoms. The van der Waals surface area contributed by atoms with Crippen LogP contribution >= 0.6 is 34.5 Å². The molecule has 0 radical (unpaired) electrons. The van der Waals surface area contributed by atoms with E-state index in [4.69, 9.17) is 32.9 Å². The predicted octanol–water partition coefficient (Wildman–Crippen LogP) is 4.75. The molecule has 1 saturated heterocycles. The van der Waals surface area contributed by atoms with E-state index in [0.717, 1.165) is 29.5 Å². The van der Waals surface area contributed by atoms with Crippen molar-refractivity contribution in [3.8, 4) is 11.3 Å². The third-order valence-electron chi connectivity index (χ3n) is 4.39. The van der Waals surface area contributed by atoms with Crippen molar-refractivity contribution >= 4 is 55.4 Å². The molecule has 0 spiro atoms. The van der Waals surface area contributed by atoms with E-state index in [1.807, 2.05) is 17.5 Å². The van der Waals surface area contributed by atoms with Crippen LogP contribution < -0.4 is 9.62 Å². The molecule has 1 aromatic heterocycles. The first-order valence-corrected chi connectivity index (χ1v) is 11.9. The molecule has 4 rings (SSSR count). The van der Waals surface area contributed by atoms with Crippen molar-refractivity contribution in [3.63, 3.8) is 0 Å². The normalized spacial score (nSPS) is 14.8. The van der Waals surface area contributed by atoms with E-state index < -0.39 is 10.0 Å². The molecular weight excluding hydrogens is 453 g/mol. The lowest BCUT2D eigenvalue weighted by atomic mass is 10.1. The van der Waals surface area contributed by atoms with Gasteiger partial charge in [-0.2, -0.15) is 0 Å². The number of nitrogens with zero attached hydrogens (tertiary/aromatic N) is 2. The summed E-state index contributed by atoms with van der Waals surface area (Å²) >= 11 is 13.5. The minimum atomic E-state index is -3.85. The van der Waals surface area contributed by atoms with Crippen LogP contribution in [0.2, 0.25) is 10.0 Å². The summed E-state index contributed by atoms with van der Waals surface area (Å²) in [5.74, 6) is 0. The molecule has 6 nitrogen and oxygen atoms in total. The number of nitrogens with one attached hydrogen (secondary N) is 1. The first-order valence-electron chi connectivity index (χ1n) is 8.79. The standard InChI is InChI=1S/C19H17Cl2N3O3S2/c20-14-3-6-16(21)18(11-14)29(25,26)23-15-4-1-13(2-5-15)17-12-28-19(22-17)24-7-9-27-10-8-24/h1-6,11-12,23H,7-10H2. The monoisotopic (exact) mass is 469 g/mol. The first kappa shape index (κ1) is 20.4. The van der Waals surface area contributed by atoms with Crippen LogP contribution in [0.1, 0.15) is 0 Å². The zero-order valence-corrected chi connectivity index (χ0v) is 18.3. The van der Waals surface area contributed by atoms with Crippen molar-refractivity contribution in [2.45, 2.75) is 4.90 Å². The van der Waals surface area contributed by atoms with Gasteiger partial charge < -0.3 is 9.64 Å². The minimum absolute atomic E-state index is 0.0644. The number of hydrogen-bond donors (Lipinski definition) is 1. The van der Waals surface area contributed by atoms with Gasteiger partial charge in [-0.1, -0.05) is 35.3 Å². The Morgan fingerprint density at radius 2 is 1.79 bits per heavy atom. The number of morpholine rings is 1. The molecule has 152 valence electrons.